The average molecular weight is 475 g/mol. The first kappa shape index (κ1) is 23.4. The van der Waals surface area contributed by atoms with Gasteiger partial charge in [0, 0.05) is 17.5 Å². The number of thioether (sulfide) groups is 1. The van der Waals surface area contributed by atoms with Crippen molar-refractivity contribution in [3.8, 4) is 11.5 Å². The van der Waals surface area contributed by atoms with Gasteiger partial charge in [-0.1, -0.05) is 48.2 Å². The van der Waals surface area contributed by atoms with Crippen molar-refractivity contribution in [3.05, 3.63) is 88.3 Å². The molecule has 174 valence electrons. The van der Waals surface area contributed by atoms with E-state index in [2.05, 4.69) is 5.32 Å². The molecular weight excluding hydrogens is 448 g/mol. The van der Waals surface area contributed by atoms with Crippen molar-refractivity contribution in [2.24, 2.45) is 0 Å². The smallest absolute Gasteiger partial charge is 0.264 e. The molecule has 3 aromatic rings. The van der Waals surface area contributed by atoms with Crippen LogP contribution in [-0.2, 0) is 4.79 Å². The molecule has 0 unspecified atom stereocenters. The number of anilines is 1. The van der Waals surface area contributed by atoms with Gasteiger partial charge in [0.25, 0.3) is 11.8 Å². The summed E-state index contributed by atoms with van der Waals surface area (Å²) in [5.74, 6) is 0.903. The second-order valence-corrected chi connectivity index (χ2v) is 8.96. The molecule has 1 atom stereocenters. The maximum atomic E-state index is 13.1. The van der Waals surface area contributed by atoms with Crippen molar-refractivity contribution in [3.63, 3.8) is 0 Å². The van der Waals surface area contributed by atoms with Crippen molar-refractivity contribution in [1.82, 2.24) is 5.32 Å². The minimum atomic E-state index is -0.184. The van der Waals surface area contributed by atoms with E-state index < -0.39 is 0 Å². The molecule has 1 aliphatic heterocycles. The van der Waals surface area contributed by atoms with Crippen LogP contribution in [0, 0.1) is 0 Å². The Balaban J connectivity index is 1.56. The van der Waals surface area contributed by atoms with Gasteiger partial charge in [0.05, 0.1) is 30.9 Å². The molecule has 0 saturated carbocycles. The number of likely N-dealkylation sites (N-methyl/N-ethyl adjacent to an activating group) is 1. The Labute approximate surface area is 203 Å². The van der Waals surface area contributed by atoms with E-state index in [0.717, 1.165) is 16.0 Å². The highest BCUT2D eigenvalue weighted by Gasteiger charge is 2.27. The zero-order valence-corrected chi connectivity index (χ0v) is 20.3. The summed E-state index contributed by atoms with van der Waals surface area (Å²) in [5, 5.41) is 3.02. The lowest BCUT2D eigenvalue weighted by Crippen LogP contribution is -2.31. The second kappa shape index (κ2) is 10.1. The number of nitrogens with one attached hydrogen (secondary N) is 1. The number of benzene rings is 3. The summed E-state index contributed by atoms with van der Waals surface area (Å²) < 4.78 is 10.7. The standard InChI is InChI=1S/C27H26N2O4S/c1-17(19-8-6-5-7-9-19)28-26(30)20-11-13-24-21(16-20)29(2)27(31)25(34-24)15-18-10-12-22(32-3)23(14-18)33-4/h5-17H,1-4H3,(H,28,30)/b25-15-/t17-/m1/s1. The SMILES string of the molecule is COc1ccc(/C=C2\Sc3ccc(C(=O)N[C@H](C)c4ccccc4)cc3N(C)C2=O)cc1OC. The average Bonchev–Trinajstić information content (AvgIpc) is 2.87. The Morgan fingerprint density at radius 3 is 2.44 bits per heavy atom. The van der Waals surface area contributed by atoms with Crippen molar-refractivity contribution >= 4 is 35.3 Å². The number of carbonyl (C=O) groups excluding carboxylic acids is 2. The number of carbonyl (C=O) groups is 2. The number of nitrogens with zero attached hydrogens (tertiary/aromatic N) is 1. The zero-order valence-electron chi connectivity index (χ0n) is 19.5. The van der Waals surface area contributed by atoms with Gasteiger partial charge in [-0.2, -0.15) is 0 Å². The third-order valence-electron chi connectivity index (χ3n) is 5.67. The van der Waals surface area contributed by atoms with Crippen LogP contribution in [0.25, 0.3) is 6.08 Å². The van der Waals surface area contributed by atoms with Gasteiger partial charge < -0.3 is 19.7 Å². The highest BCUT2D eigenvalue weighted by molar-refractivity contribution is 8.04. The topological polar surface area (TPSA) is 67.9 Å². The van der Waals surface area contributed by atoms with E-state index in [9.17, 15) is 9.59 Å². The number of fused-ring (bicyclic) bond motifs is 1. The molecule has 0 aromatic heterocycles. The molecule has 1 aliphatic rings. The van der Waals surface area contributed by atoms with Gasteiger partial charge in [-0.25, -0.2) is 0 Å². The highest BCUT2D eigenvalue weighted by atomic mass is 32.2. The molecule has 0 radical (unpaired) electrons. The van der Waals surface area contributed by atoms with Crippen molar-refractivity contribution < 1.29 is 19.1 Å². The molecule has 3 aromatic carbocycles. The summed E-state index contributed by atoms with van der Waals surface area (Å²) in [6.07, 6.45) is 1.83. The van der Waals surface area contributed by atoms with Gasteiger partial charge in [-0.3, -0.25) is 9.59 Å². The predicted octanol–water partition coefficient (Wildman–Crippen LogP) is 5.30. The first-order chi connectivity index (χ1) is 16.4. The minimum absolute atomic E-state index is 0.130. The van der Waals surface area contributed by atoms with Crippen LogP contribution >= 0.6 is 11.8 Å². The molecule has 1 heterocycles. The van der Waals surface area contributed by atoms with E-state index in [1.165, 1.54) is 11.8 Å². The van der Waals surface area contributed by atoms with Crippen LogP contribution in [0.15, 0.2) is 76.5 Å². The Morgan fingerprint density at radius 2 is 1.74 bits per heavy atom. The van der Waals surface area contributed by atoms with Crippen LogP contribution in [0.3, 0.4) is 0 Å². The lowest BCUT2D eigenvalue weighted by atomic mass is 10.1. The Morgan fingerprint density at radius 1 is 1.00 bits per heavy atom. The second-order valence-electron chi connectivity index (χ2n) is 7.88. The lowest BCUT2D eigenvalue weighted by Gasteiger charge is -2.27. The molecule has 6 nitrogen and oxygen atoms in total. The monoisotopic (exact) mass is 474 g/mol. The molecule has 0 bridgehead atoms. The van der Waals surface area contributed by atoms with Gasteiger partial charge in [0.1, 0.15) is 0 Å². The Kier molecular flexibility index (Phi) is 6.93. The summed E-state index contributed by atoms with van der Waals surface area (Å²) in [6.45, 7) is 1.95. The number of amides is 2. The molecule has 0 aliphatic carbocycles. The third-order valence-corrected chi connectivity index (χ3v) is 6.75. The minimum Gasteiger partial charge on any atom is -0.493 e. The summed E-state index contributed by atoms with van der Waals surface area (Å²) in [7, 11) is 4.88. The highest BCUT2D eigenvalue weighted by Crippen LogP contribution is 2.42. The first-order valence-electron chi connectivity index (χ1n) is 10.8. The molecule has 2 amide bonds. The van der Waals surface area contributed by atoms with Gasteiger partial charge in [0.15, 0.2) is 11.5 Å². The molecule has 1 N–H and O–H groups in total. The fourth-order valence-electron chi connectivity index (χ4n) is 3.73. The molecule has 34 heavy (non-hydrogen) atoms. The number of rotatable bonds is 6. The molecule has 0 fully saturated rings. The van der Waals surface area contributed by atoms with Gasteiger partial charge in [-0.15, -0.1) is 0 Å². The van der Waals surface area contributed by atoms with Crippen LogP contribution in [0.2, 0.25) is 0 Å². The number of hydrogen-bond donors (Lipinski definition) is 1. The normalized spacial score (nSPS) is 15.0. The summed E-state index contributed by atoms with van der Waals surface area (Å²) in [5.41, 5.74) is 3.08. The van der Waals surface area contributed by atoms with Crippen molar-refractivity contribution in [1.29, 1.82) is 0 Å². The maximum Gasteiger partial charge on any atom is 0.264 e. The first-order valence-corrected chi connectivity index (χ1v) is 11.6. The Bertz CT molecular complexity index is 1260. The maximum absolute atomic E-state index is 13.1. The molecule has 0 spiro atoms. The number of ether oxygens (including phenoxy) is 2. The molecular formula is C27H26N2O4S. The van der Waals surface area contributed by atoms with Gasteiger partial charge >= 0.3 is 0 Å². The van der Waals surface area contributed by atoms with Gasteiger partial charge in [0.2, 0.25) is 0 Å². The zero-order chi connectivity index (χ0) is 24.2. The van der Waals surface area contributed by atoms with Crippen molar-refractivity contribution in [2.45, 2.75) is 17.9 Å². The molecule has 7 heteroatoms. The predicted molar refractivity (Wildman–Crippen MR) is 136 cm³/mol. The number of methoxy groups -OCH3 is 2. The summed E-state index contributed by atoms with van der Waals surface area (Å²) in [4.78, 5) is 29.0. The Hall–Kier alpha value is -3.71. The van der Waals surface area contributed by atoms with E-state index in [1.54, 1.807) is 38.3 Å². The fourth-order valence-corrected chi connectivity index (χ4v) is 4.83. The van der Waals surface area contributed by atoms with E-state index in [-0.39, 0.29) is 17.9 Å². The third kappa shape index (κ3) is 4.79. The van der Waals surface area contributed by atoms with E-state index in [4.69, 9.17) is 9.47 Å². The molecule has 0 saturated heterocycles. The van der Waals surface area contributed by atoms with Crippen LogP contribution in [0.5, 0.6) is 11.5 Å². The fraction of sp³-hybridized carbons (Fsp3) is 0.185. The quantitative estimate of drug-likeness (QED) is 0.491. The van der Waals surface area contributed by atoms with Crippen LogP contribution < -0.4 is 19.7 Å². The van der Waals surface area contributed by atoms with E-state index >= 15 is 0 Å². The van der Waals surface area contributed by atoms with Crippen LogP contribution in [0.4, 0.5) is 5.69 Å². The van der Waals surface area contributed by atoms with Crippen LogP contribution in [-0.4, -0.2) is 33.1 Å². The summed E-state index contributed by atoms with van der Waals surface area (Å²) >= 11 is 1.38. The van der Waals surface area contributed by atoms with E-state index in [0.29, 0.717) is 27.7 Å². The van der Waals surface area contributed by atoms with Crippen molar-refractivity contribution in [2.75, 3.05) is 26.2 Å². The van der Waals surface area contributed by atoms with E-state index in [1.807, 2.05) is 67.6 Å². The van der Waals surface area contributed by atoms with Gasteiger partial charge in [-0.05, 0) is 54.5 Å². The lowest BCUT2D eigenvalue weighted by molar-refractivity contribution is -0.114. The summed E-state index contributed by atoms with van der Waals surface area (Å²) in [6, 6.07) is 20.6. The molecule has 4 rings (SSSR count). The largest absolute Gasteiger partial charge is 0.493 e. The van der Waals surface area contributed by atoms with Crippen LogP contribution in [0.1, 0.15) is 34.5 Å². The number of hydrogen-bond acceptors (Lipinski definition) is 5.